The van der Waals surface area contributed by atoms with Crippen LogP contribution < -0.4 is 10.6 Å². The fourth-order valence-corrected chi connectivity index (χ4v) is 2.08. The average Bonchev–Trinajstić information content (AvgIpc) is 2.23. The molecule has 14 heavy (non-hydrogen) atoms. The maximum atomic E-state index is 6.11. The SMILES string of the molecule is CCc1ccc2c(c1)C(N)CCN2C. The molecule has 0 radical (unpaired) electrons. The van der Waals surface area contributed by atoms with Gasteiger partial charge in [0.25, 0.3) is 0 Å². The molecule has 0 spiro atoms. The van der Waals surface area contributed by atoms with Crippen LogP contribution in [0.25, 0.3) is 0 Å². The average molecular weight is 190 g/mol. The van der Waals surface area contributed by atoms with Gasteiger partial charge in [0.05, 0.1) is 0 Å². The molecule has 0 amide bonds. The Morgan fingerprint density at radius 3 is 3.00 bits per heavy atom. The van der Waals surface area contributed by atoms with Gasteiger partial charge in [-0.2, -0.15) is 0 Å². The minimum atomic E-state index is 0.229. The van der Waals surface area contributed by atoms with Crippen LogP contribution in [0.1, 0.15) is 30.5 Å². The predicted octanol–water partition coefficient (Wildman–Crippen LogP) is 2.09. The minimum absolute atomic E-state index is 0.229. The molecule has 1 atom stereocenters. The van der Waals surface area contributed by atoms with E-state index in [-0.39, 0.29) is 6.04 Å². The lowest BCUT2D eigenvalue weighted by molar-refractivity contribution is 0.613. The lowest BCUT2D eigenvalue weighted by atomic mass is 9.95. The Morgan fingerprint density at radius 1 is 1.50 bits per heavy atom. The first kappa shape index (κ1) is 9.53. The normalized spacial score (nSPS) is 20.8. The number of aryl methyl sites for hydroxylation is 1. The van der Waals surface area contributed by atoms with Crippen LogP contribution in [-0.2, 0) is 6.42 Å². The molecule has 2 nitrogen and oxygen atoms in total. The van der Waals surface area contributed by atoms with Gasteiger partial charge in [0, 0.05) is 25.3 Å². The molecule has 1 aliphatic rings. The van der Waals surface area contributed by atoms with Gasteiger partial charge in [0.2, 0.25) is 0 Å². The van der Waals surface area contributed by atoms with E-state index in [4.69, 9.17) is 5.73 Å². The molecule has 2 rings (SSSR count). The van der Waals surface area contributed by atoms with Gasteiger partial charge in [-0.25, -0.2) is 0 Å². The molecular formula is C12H18N2. The second-order valence-electron chi connectivity index (χ2n) is 4.06. The Morgan fingerprint density at radius 2 is 2.29 bits per heavy atom. The summed E-state index contributed by atoms with van der Waals surface area (Å²) in [4.78, 5) is 2.29. The van der Waals surface area contributed by atoms with Crippen molar-refractivity contribution in [3.8, 4) is 0 Å². The molecule has 0 aliphatic carbocycles. The van der Waals surface area contributed by atoms with E-state index in [9.17, 15) is 0 Å². The predicted molar refractivity (Wildman–Crippen MR) is 60.6 cm³/mol. The maximum absolute atomic E-state index is 6.11. The highest BCUT2D eigenvalue weighted by Crippen LogP contribution is 2.32. The molecule has 0 fully saturated rings. The van der Waals surface area contributed by atoms with Crippen LogP contribution in [0, 0.1) is 0 Å². The highest BCUT2D eigenvalue weighted by molar-refractivity contribution is 5.57. The summed E-state index contributed by atoms with van der Waals surface area (Å²) >= 11 is 0. The van der Waals surface area contributed by atoms with Gasteiger partial charge < -0.3 is 10.6 Å². The molecule has 1 unspecified atom stereocenters. The summed E-state index contributed by atoms with van der Waals surface area (Å²) in [5.41, 5.74) is 10.1. The number of hydrogen-bond acceptors (Lipinski definition) is 2. The fourth-order valence-electron chi connectivity index (χ4n) is 2.08. The summed E-state index contributed by atoms with van der Waals surface area (Å²) in [6.45, 7) is 3.25. The molecule has 0 saturated heterocycles. The standard InChI is InChI=1S/C12H18N2/c1-3-9-4-5-12-10(8-9)11(13)6-7-14(12)2/h4-5,8,11H,3,6-7,13H2,1-2H3. The van der Waals surface area contributed by atoms with Crippen molar-refractivity contribution in [3.05, 3.63) is 29.3 Å². The van der Waals surface area contributed by atoms with Crippen molar-refractivity contribution in [2.24, 2.45) is 5.73 Å². The third-order valence-corrected chi connectivity index (χ3v) is 3.09. The van der Waals surface area contributed by atoms with Gasteiger partial charge >= 0.3 is 0 Å². The molecule has 1 aromatic rings. The molecule has 1 aliphatic heterocycles. The smallest absolute Gasteiger partial charge is 0.0412 e. The van der Waals surface area contributed by atoms with Crippen molar-refractivity contribution in [1.82, 2.24) is 0 Å². The molecule has 2 N–H and O–H groups in total. The number of nitrogens with two attached hydrogens (primary N) is 1. The lowest BCUT2D eigenvalue weighted by Gasteiger charge is -2.31. The van der Waals surface area contributed by atoms with Crippen LogP contribution >= 0.6 is 0 Å². The van der Waals surface area contributed by atoms with E-state index in [1.807, 2.05) is 0 Å². The van der Waals surface area contributed by atoms with Crippen LogP contribution in [0.4, 0.5) is 5.69 Å². The molecule has 1 aromatic carbocycles. The third kappa shape index (κ3) is 1.50. The fraction of sp³-hybridized carbons (Fsp3) is 0.500. The van der Waals surface area contributed by atoms with Gasteiger partial charge in [-0.1, -0.05) is 19.1 Å². The molecule has 0 bridgehead atoms. The molecule has 0 saturated carbocycles. The Kier molecular flexibility index (Phi) is 2.46. The second kappa shape index (κ2) is 3.62. The highest BCUT2D eigenvalue weighted by atomic mass is 15.1. The van der Waals surface area contributed by atoms with Crippen LogP contribution in [-0.4, -0.2) is 13.6 Å². The van der Waals surface area contributed by atoms with Crippen molar-refractivity contribution in [2.75, 3.05) is 18.5 Å². The molecule has 76 valence electrons. The molecule has 2 heteroatoms. The van der Waals surface area contributed by atoms with Crippen LogP contribution in [0.15, 0.2) is 18.2 Å². The minimum Gasteiger partial charge on any atom is -0.374 e. The Bertz CT molecular complexity index is 333. The number of nitrogens with zero attached hydrogens (tertiary/aromatic N) is 1. The van der Waals surface area contributed by atoms with Crippen LogP contribution in [0.3, 0.4) is 0 Å². The van der Waals surface area contributed by atoms with Gasteiger partial charge in [-0.3, -0.25) is 0 Å². The highest BCUT2D eigenvalue weighted by Gasteiger charge is 2.19. The Hall–Kier alpha value is -1.02. The number of anilines is 1. The number of benzene rings is 1. The van der Waals surface area contributed by atoms with Gasteiger partial charge in [0.1, 0.15) is 0 Å². The van der Waals surface area contributed by atoms with E-state index in [0.29, 0.717) is 0 Å². The lowest BCUT2D eigenvalue weighted by Crippen LogP contribution is -2.30. The molecule has 0 aromatic heterocycles. The van der Waals surface area contributed by atoms with Crippen molar-refractivity contribution in [3.63, 3.8) is 0 Å². The summed E-state index contributed by atoms with van der Waals surface area (Å²) in [6.07, 6.45) is 2.15. The van der Waals surface area contributed by atoms with Crippen molar-refractivity contribution >= 4 is 5.69 Å². The summed E-state index contributed by atoms with van der Waals surface area (Å²) in [5, 5.41) is 0. The monoisotopic (exact) mass is 190 g/mol. The first-order valence-electron chi connectivity index (χ1n) is 5.32. The first-order chi connectivity index (χ1) is 6.72. The van der Waals surface area contributed by atoms with E-state index in [2.05, 4.69) is 37.1 Å². The van der Waals surface area contributed by atoms with E-state index >= 15 is 0 Å². The van der Waals surface area contributed by atoms with E-state index in [1.54, 1.807) is 0 Å². The zero-order valence-corrected chi connectivity index (χ0v) is 8.96. The third-order valence-electron chi connectivity index (χ3n) is 3.09. The summed E-state index contributed by atoms with van der Waals surface area (Å²) in [6, 6.07) is 6.89. The van der Waals surface area contributed by atoms with Crippen molar-refractivity contribution < 1.29 is 0 Å². The van der Waals surface area contributed by atoms with Gasteiger partial charge in [-0.15, -0.1) is 0 Å². The molecule has 1 heterocycles. The van der Waals surface area contributed by atoms with Crippen molar-refractivity contribution in [2.45, 2.75) is 25.8 Å². The zero-order chi connectivity index (χ0) is 10.1. The van der Waals surface area contributed by atoms with Crippen LogP contribution in [0.5, 0.6) is 0 Å². The van der Waals surface area contributed by atoms with Crippen molar-refractivity contribution in [1.29, 1.82) is 0 Å². The maximum Gasteiger partial charge on any atom is 0.0412 e. The number of hydrogen-bond donors (Lipinski definition) is 1. The largest absolute Gasteiger partial charge is 0.374 e. The number of rotatable bonds is 1. The quantitative estimate of drug-likeness (QED) is 0.734. The van der Waals surface area contributed by atoms with Gasteiger partial charge in [0.15, 0.2) is 0 Å². The van der Waals surface area contributed by atoms with Gasteiger partial charge in [-0.05, 0) is 30.0 Å². The van der Waals surface area contributed by atoms with E-state index in [0.717, 1.165) is 19.4 Å². The first-order valence-corrected chi connectivity index (χ1v) is 5.32. The Balaban J connectivity index is 2.45. The summed E-state index contributed by atoms with van der Waals surface area (Å²) in [7, 11) is 2.14. The van der Waals surface area contributed by atoms with E-state index in [1.165, 1.54) is 16.8 Å². The zero-order valence-electron chi connectivity index (χ0n) is 8.96. The topological polar surface area (TPSA) is 29.3 Å². The summed E-state index contributed by atoms with van der Waals surface area (Å²) < 4.78 is 0. The molecular weight excluding hydrogens is 172 g/mol. The van der Waals surface area contributed by atoms with E-state index < -0.39 is 0 Å². The second-order valence-corrected chi connectivity index (χ2v) is 4.06. The number of fused-ring (bicyclic) bond motifs is 1. The summed E-state index contributed by atoms with van der Waals surface area (Å²) in [5.74, 6) is 0. The van der Waals surface area contributed by atoms with Crippen LogP contribution in [0.2, 0.25) is 0 Å². The Labute approximate surface area is 85.7 Å².